The molecule has 1 heterocycles. The summed E-state index contributed by atoms with van der Waals surface area (Å²) in [5.74, 6) is 0.550. The van der Waals surface area contributed by atoms with Gasteiger partial charge in [-0.1, -0.05) is 0 Å². The van der Waals surface area contributed by atoms with Crippen LogP contribution in [0.25, 0.3) is 0 Å². The van der Waals surface area contributed by atoms with Crippen molar-refractivity contribution >= 4 is 11.6 Å². The summed E-state index contributed by atoms with van der Waals surface area (Å²) in [6.07, 6.45) is 2.23. The fraction of sp³-hybridized carbons (Fsp3) is 0.400. The average molecular weight is 317 g/mol. The van der Waals surface area contributed by atoms with Crippen LogP contribution in [0.1, 0.15) is 41.6 Å². The molecule has 1 N–H and O–H groups in total. The molecular formula is C15H19N5O3. The van der Waals surface area contributed by atoms with Crippen molar-refractivity contribution < 1.29 is 9.72 Å². The van der Waals surface area contributed by atoms with E-state index in [0.29, 0.717) is 24.1 Å². The molecule has 2 aromatic rings. The van der Waals surface area contributed by atoms with Crippen LogP contribution in [0.4, 0.5) is 5.69 Å². The van der Waals surface area contributed by atoms with E-state index in [1.807, 2.05) is 18.4 Å². The number of aryl methyl sites for hydroxylation is 1. The number of nitro groups is 1. The molecule has 0 fully saturated rings. The molecule has 0 aliphatic rings. The van der Waals surface area contributed by atoms with Gasteiger partial charge in [0.05, 0.1) is 4.92 Å². The van der Waals surface area contributed by atoms with Crippen molar-refractivity contribution in [3.05, 3.63) is 51.6 Å². The maximum Gasteiger partial charge on any atom is 0.269 e. The fourth-order valence-electron chi connectivity index (χ4n) is 2.28. The zero-order valence-corrected chi connectivity index (χ0v) is 13.3. The second kappa shape index (κ2) is 6.99. The van der Waals surface area contributed by atoms with Crippen molar-refractivity contribution in [2.45, 2.75) is 33.2 Å². The Morgan fingerprint density at radius 2 is 2.17 bits per heavy atom. The number of non-ortho nitro benzene ring substituents is 1. The molecule has 0 bridgehead atoms. The molecule has 0 atom stereocenters. The molecule has 1 aromatic heterocycles. The topological polar surface area (TPSA) is 103 Å². The van der Waals surface area contributed by atoms with Crippen molar-refractivity contribution in [1.82, 2.24) is 20.1 Å². The van der Waals surface area contributed by atoms with E-state index in [1.165, 1.54) is 18.2 Å². The number of hydrogen-bond acceptors (Lipinski definition) is 5. The van der Waals surface area contributed by atoms with Crippen LogP contribution in [0.2, 0.25) is 0 Å². The van der Waals surface area contributed by atoms with Crippen LogP contribution < -0.4 is 5.32 Å². The number of carbonyl (C=O) groups is 1. The normalized spacial score (nSPS) is 10.8. The summed E-state index contributed by atoms with van der Waals surface area (Å²) in [4.78, 5) is 22.4. The second-order valence-electron chi connectivity index (χ2n) is 5.51. The minimum Gasteiger partial charge on any atom is -0.352 e. The van der Waals surface area contributed by atoms with E-state index in [0.717, 1.165) is 5.82 Å². The van der Waals surface area contributed by atoms with Crippen LogP contribution in [-0.2, 0) is 6.42 Å². The van der Waals surface area contributed by atoms with Crippen molar-refractivity contribution in [3.63, 3.8) is 0 Å². The highest BCUT2D eigenvalue weighted by Gasteiger charge is 2.14. The Morgan fingerprint density at radius 3 is 2.78 bits per heavy atom. The number of carbonyl (C=O) groups excluding carboxylic acids is 1. The summed E-state index contributed by atoms with van der Waals surface area (Å²) in [7, 11) is 0. The summed E-state index contributed by atoms with van der Waals surface area (Å²) in [6, 6.07) is 4.45. The smallest absolute Gasteiger partial charge is 0.269 e. The van der Waals surface area contributed by atoms with Gasteiger partial charge in [0, 0.05) is 36.7 Å². The van der Waals surface area contributed by atoms with E-state index < -0.39 is 4.92 Å². The van der Waals surface area contributed by atoms with E-state index in [2.05, 4.69) is 15.5 Å². The minimum atomic E-state index is -0.479. The Labute approximate surface area is 133 Å². The van der Waals surface area contributed by atoms with Gasteiger partial charge in [-0.3, -0.25) is 14.9 Å². The Morgan fingerprint density at radius 1 is 1.43 bits per heavy atom. The average Bonchev–Trinajstić information content (AvgIpc) is 2.95. The lowest BCUT2D eigenvalue weighted by molar-refractivity contribution is -0.384. The second-order valence-corrected chi connectivity index (χ2v) is 5.51. The molecule has 0 aliphatic heterocycles. The first-order chi connectivity index (χ1) is 10.9. The number of rotatable bonds is 6. The summed E-state index contributed by atoms with van der Waals surface area (Å²) in [5, 5.41) is 21.4. The molecule has 8 nitrogen and oxygen atoms in total. The van der Waals surface area contributed by atoms with Gasteiger partial charge in [-0.2, -0.15) is 0 Å². The molecule has 23 heavy (non-hydrogen) atoms. The SMILES string of the molecule is Cc1cc([N+](=O)[O-])ccc1C(=O)NCCc1nncn1C(C)C. The van der Waals surface area contributed by atoms with E-state index in [1.54, 1.807) is 13.3 Å². The Bertz CT molecular complexity index is 724. The molecular weight excluding hydrogens is 298 g/mol. The summed E-state index contributed by atoms with van der Waals surface area (Å²) < 4.78 is 1.95. The highest BCUT2D eigenvalue weighted by molar-refractivity contribution is 5.95. The van der Waals surface area contributed by atoms with Crippen molar-refractivity contribution in [2.24, 2.45) is 0 Å². The lowest BCUT2D eigenvalue weighted by atomic mass is 10.1. The summed E-state index contributed by atoms with van der Waals surface area (Å²) in [5.41, 5.74) is 0.979. The first-order valence-electron chi connectivity index (χ1n) is 7.31. The number of nitrogens with one attached hydrogen (secondary N) is 1. The minimum absolute atomic E-state index is 0.0240. The van der Waals surface area contributed by atoms with Crippen LogP contribution in [-0.4, -0.2) is 32.1 Å². The van der Waals surface area contributed by atoms with Crippen molar-refractivity contribution in [1.29, 1.82) is 0 Å². The first kappa shape index (κ1) is 16.6. The fourth-order valence-corrected chi connectivity index (χ4v) is 2.28. The van der Waals surface area contributed by atoms with Crippen molar-refractivity contribution in [2.75, 3.05) is 6.54 Å². The number of hydrogen-bond donors (Lipinski definition) is 1. The van der Waals surface area contributed by atoms with Gasteiger partial charge >= 0.3 is 0 Å². The van der Waals surface area contributed by atoms with Gasteiger partial charge < -0.3 is 9.88 Å². The molecule has 0 radical (unpaired) electrons. The molecule has 8 heteroatoms. The van der Waals surface area contributed by atoms with Crippen molar-refractivity contribution in [3.8, 4) is 0 Å². The zero-order valence-electron chi connectivity index (χ0n) is 13.3. The third kappa shape index (κ3) is 3.91. The lowest BCUT2D eigenvalue weighted by Crippen LogP contribution is -2.27. The molecule has 0 aliphatic carbocycles. The molecule has 0 saturated carbocycles. The Balaban J connectivity index is 1.97. The van der Waals surface area contributed by atoms with Crippen LogP contribution >= 0.6 is 0 Å². The Kier molecular flexibility index (Phi) is 5.05. The zero-order chi connectivity index (χ0) is 17.0. The monoisotopic (exact) mass is 317 g/mol. The van der Waals surface area contributed by atoms with Gasteiger partial charge in [0.15, 0.2) is 0 Å². The van der Waals surface area contributed by atoms with Gasteiger partial charge in [0.2, 0.25) is 0 Å². The maximum atomic E-state index is 12.2. The van der Waals surface area contributed by atoms with Crippen LogP contribution in [0.15, 0.2) is 24.5 Å². The molecule has 1 amide bonds. The summed E-state index contributed by atoms with van der Waals surface area (Å²) >= 11 is 0. The van der Waals surface area contributed by atoms with E-state index in [9.17, 15) is 14.9 Å². The highest BCUT2D eigenvalue weighted by atomic mass is 16.6. The van der Waals surface area contributed by atoms with E-state index >= 15 is 0 Å². The number of nitro benzene ring substituents is 1. The standard InChI is InChI=1S/C15H19N5O3/c1-10(2)19-9-17-18-14(19)6-7-16-15(21)13-5-4-12(20(22)23)8-11(13)3/h4-5,8-10H,6-7H2,1-3H3,(H,16,21). The third-order valence-corrected chi connectivity index (χ3v) is 3.50. The third-order valence-electron chi connectivity index (χ3n) is 3.50. The molecule has 122 valence electrons. The van der Waals surface area contributed by atoms with Crippen LogP contribution in [0.3, 0.4) is 0 Å². The number of aromatic nitrogens is 3. The maximum absolute atomic E-state index is 12.2. The Hall–Kier alpha value is -2.77. The number of nitrogens with zero attached hydrogens (tertiary/aromatic N) is 4. The van der Waals surface area contributed by atoms with E-state index in [4.69, 9.17) is 0 Å². The molecule has 2 rings (SSSR count). The number of benzene rings is 1. The molecule has 0 saturated heterocycles. The first-order valence-corrected chi connectivity index (χ1v) is 7.31. The van der Waals surface area contributed by atoms with E-state index in [-0.39, 0.29) is 17.6 Å². The van der Waals surface area contributed by atoms with Gasteiger partial charge in [-0.25, -0.2) is 0 Å². The van der Waals surface area contributed by atoms with Crippen LogP contribution in [0.5, 0.6) is 0 Å². The highest BCUT2D eigenvalue weighted by Crippen LogP contribution is 2.17. The largest absolute Gasteiger partial charge is 0.352 e. The van der Waals surface area contributed by atoms with Gasteiger partial charge in [0.1, 0.15) is 12.2 Å². The van der Waals surface area contributed by atoms with Gasteiger partial charge in [-0.15, -0.1) is 10.2 Å². The van der Waals surface area contributed by atoms with Crippen LogP contribution in [0, 0.1) is 17.0 Å². The molecule has 0 spiro atoms. The summed E-state index contributed by atoms with van der Waals surface area (Å²) in [6.45, 7) is 6.16. The number of amides is 1. The predicted octanol–water partition coefficient (Wildman–Crippen LogP) is 2.05. The van der Waals surface area contributed by atoms with Gasteiger partial charge in [0.25, 0.3) is 11.6 Å². The molecule has 0 unspecified atom stereocenters. The predicted molar refractivity (Wildman–Crippen MR) is 84.3 cm³/mol. The van der Waals surface area contributed by atoms with Gasteiger partial charge in [-0.05, 0) is 32.4 Å². The lowest BCUT2D eigenvalue weighted by Gasteiger charge is -2.11. The quantitative estimate of drug-likeness (QED) is 0.648. The molecule has 1 aromatic carbocycles.